The number of benzene rings is 1. The van der Waals surface area contributed by atoms with Gasteiger partial charge in [0.2, 0.25) is 11.8 Å². The van der Waals surface area contributed by atoms with E-state index in [1.807, 2.05) is 0 Å². The number of carbonyl (C=O) groups excluding carboxylic acids is 3. The monoisotopic (exact) mass is 379 g/mol. The van der Waals surface area contributed by atoms with Crippen molar-refractivity contribution >= 4 is 23.4 Å². The molecular weight excluding hydrogens is 367 g/mol. The van der Waals surface area contributed by atoms with E-state index in [9.17, 15) is 27.6 Å². The fourth-order valence-electron chi connectivity index (χ4n) is 2.42. The maximum absolute atomic E-state index is 12.2. The van der Waals surface area contributed by atoms with Crippen molar-refractivity contribution in [3.05, 3.63) is 53.7 Å². The van der Waals surface area contributed by atoms with E-state index in [2.05, 4.69) is 15.0 Å². The van der Waals surface area contributed by atoms with Crippen LogP contribution in [0.5, 0.6) is 5.88 Å². The molecule has 0 aliphatic carbocycles. The van der Waals surface area contributed by atoms with Crippen molar-refractivity contribution in [1.82, 2.24) is 9.88 Å². The third-order valence-corrected chi connectivity index (χ3v) is 3.58. The van der Waals surface area contributed by atoms with E-state index in [0.717, 1.165) is 17.2 Å². The van der Waals surface area contributed by atoms with Crippen molar-refractivity contribution in [2.45, 2.75) is 6.18 Å². The molecule has 1 aromatic heterocycles. The maximum atomic E-state index is 12.2. The summed E-state index contributed by atoms with van der Waals surface area (Å²) >= 11 is 0. The van der Waals surface area contributed by atoms with Gasteiger partial charge < -0.3 is 10.1 Å². The van der Waals surface area contributed by atoms with Crippen LogP contribution in [0.15, 0.2) is 42.6 Å². The molecule has 0 atom stereocenters. The molecule has 1 aliphatic heterocycles. The number of pyridine rings is 1. The Hall–Kier alpha value is -3.43. The smallest absolute Gasteiger partial charge is 0.422 e. The average Bonchev–Trinajstić information content (AvgIpc) is 2.86. The minimum absolute atomic E-state index is 0.177. The van der Waals surface area contributed by atoms with E-state index in [4.69, 9.17) is 0 Å². The van der Waals surface area contributed by atoms with Crippen LogP contribution in [0.2, 0.25) is 0 Å². The van der Waals surface area contributed by atoms with Gasteiger partial charge in [-0.05, 0) is 18.2 Å². The molecule has 1 aromatic carbocycles. The summed E-state index contributed by atoms with van der Waals surface area (Å²) in [5.74, 6) is -2.06. The van der Waals surface area contributed by atoms with Crippen LogP contribution in [0.4, 0.5) is 18.9 Å². The number of ether oxygens (including phenoxy) is 1. The van der Waals surface area contributed by atoms with Crippen molar-refractivity contribution in [1.29, 1.82) is 0 Å². The van der Waals surface area contributed by atoms with Gasteiger partial charge in [-0.25, -0.2) is 4.98 Å². The highest BCUT2D eigenvalue weighted by Crippen LogP contribution is 2.22. The van der Waals surface area contributed by atoms with Gasteiger partial charge in [-0.2, -0.15) is 13.2 Å². The zero-order chi connectivity index (χ0) is 19.6. The van der Waals surface area contributed by atoms with Crippen molar-refractivity contribution in [2.24, 2.45) is 0 Å². The lowest BCUT2D eigenvalue weighted by Crippen LogP contribution is -2.37. The van der Waals surface area contributed by atoms with Gasteiger partial charge in [0.1, 0.15) is 6.54 Å². The number of nitrogens with zero attached hydrogens (tertiary/aromatic N) is 2. The number of imide groups is 1. The number of alkyl halides is 3. The minimum Gasteiger partial charge on any atom is -0.468 e. The molecule has 27 heavy (non-hydrogen) atoms. The lowest BCUT2D eigenvalue weighted by atomic mass is 10.1. The normalized spacial score (nSPS) is 13.5. The summed E-state index contributed by atoms with van der Waals surface area (Å²) in [7, 11) is 0. The van der Waals surface area contributed by atoms with E-state index in [-0.39, 0.29) is 22.7 Å². The van der Waals surface area contributed by atoms with Gasteiger partial charge in [0, 0.05) is 6.07 Å². The molecule has 0 saturated carbocycles. The summed E-state index contributed by atoms with van der Waals surface area (Å²) in [5, 5.41) is 2.41. The highest BCUT2D eigenvalue weighted by Gasteiger charge is 2.36. The molecule has 1 aliphatic rings. The van der Waals surface area contributed by atoms with Crippen molar-refractivity contribution in [3.8, 4) is 5.88 Å². The van der Waals surface area contributed by atoms with E-state index in [1.165, 1.54) is 18.2 Å². The number of halogens is 3. The third-order valence-electron chi connectivity index (χ3n) is 3.58. The molecule has 0 bridgehead atoms. The molecule has 10 heteroatoms. The zero-order valence-corrected chi connectivity index (χ0v) is 13.6. The standard InChI is InChI=1S/C17H12F3N3O4/c18-17(19,20)9-27-14-6-5-10(7-21-14)22-13(24)8-23-15(25)11-3-1-2-4-12(11)16(23)26/h1-7H,8-9H2,(H,22,24). The Morgan fingerprint density at radius 1 is 1.07 bits per heavy atom. The fourth-order valence-corrected chi connectivity index (χ4v) is 2.42. The number of rotatable bonds is 5. The average molecular weight is 379 g/mol. The fraction of sp³-hybridized carbons (Fsp3) is 0.176. The SMILES string of the molecule is O=C(CN1C(=O)c2ccccc2C1=O)Nc1ccc(OCC(F)(F)F)nc1. The molecule has 3 amide bonds. The van der Waals surface area contributed by atoms with Crippen LogP contribution in [0.1, 0.15) is 20.7 Å². The maximum Gasteiger partial charge on any atom is 0.422 e. The topological polar surface area (TPSA) is 88.6 Å². The predicted octanol–water partition coefficient (Wildman–Crippen LogP) is 2.26. The molecule has 2 heterocycles. The van der Waals surface area contributed by atoms with Crippen LogP contribution < -0.4 is 10.1 Å². The Morgan fingerprint density at radius 3 is 2.22 bits per heavy atom. The Kier molecular flexibility index (Phi) is 4.80. The van der Waals surface area contributed by atoms with Crippen LogP contribution in [0.3, 0.4) is 0 Å². The Morgan fingerprint density at radius 2 is 1.70 bits per heavy atom. The largest absolute Gasteiger partial charge is 0.468 e. The van der Waals surface area contributed by atoms with E-state index in [0.29, 0.717) is 0 Å². The molecule has 3 rings (SSSR count). The summed E-state index contributed by atoms with van der Waals surface area (Å²) in [4.78, 5) is 40.9. The quantitative estimate of drug-likeness (QED) is 0.805. The van der Waals surface area contributed by atoms with Crippen LogP contribution in [0.25, 0.3) is 0 Å². The number of fused-ring (bicyclic) bond motifs is 1. The Bertz CT molecular complexity index is 862. The summed E-state index contributed by atoms with van der Waals surface area (Å²) in [6.45, 7) is -1.98. The first-order valence-electron chi connectivity index (χ1n) is 7.65. The zero-order valence-electron chi connectivity index (χ0n) is 13.6. The number of carbonyl (C=O) groups is 3. The molecule has 0 fully saturated rings. The number of nitrogens with one attached hydrogen (secondary N) is 1. The highest BCUT2D eigenvalue weighted by molar-refractivity contribution is 6.22. The molecule has 1 N–H and O–H groups in total. The van der Waals surface area contributed by atoms with Crippen molar-refractivity contribution < 1.29 is 32.3 Å². The molecule has 140 valence electrons. The van der Waals surface area contributed by atoms with Crippen LogP contribution in [-0.4, -0.2) is 46.9 Å². The lowest BCUT2D eigenvalue weighted by molar-refractivity contribution is -0.154. The molecule has 0 spiro atoms. The van der Waals surface area contributed by atoms with Gasteiger partial charge in [-0.15, -0.1) is 0 Å². The van der Waals surface area contributed by atoms with E-state index >= 15 is 0 Å². The van der Waals surface area contributed by atoms with E-state index < -0.39 is 37.0 Å². The number of hydrogen-bond donors (Lipinski definition) is 1. The lowest BCUT2D eigenvalue weighted by Gasteiger charge is -2.13. The Balaban J connectivity index is 1.59. The Labute approximate surface area is 150 Å². The number of anilines is 1. The minimum atomic E-state index is -4.49. The number of amides is 3. The molecular formula is C17H12F3N3O4. The number of hydrogen-bond acceptors (Lipinski definition) is 5. The molecule has 0 unspecified atom stereocenters. The first-order chi connectivity index (χ1) is 12.7. The van der Waals surface area contributed by atoms with Gasteiger partial charge in [-0.1, -0.05) is 12.1 Å². The van der Waals surface area contributed by atoms with E-state index in [1.54, 1.807) is 12.1 Å². The second-order valence-electron chi connectivity index (χ2n) is 5.58. The first-order valence-corrected chi connectivity index (χ1v) is 7.65. The molecule has 0 saturated heterocycles. The van der Waals surface area contributed by atoms with Crippen LogP contribution >= 0.6 is 0 Å². The summed E-state index contributed by atoms with van der Waals surface area (Å²) in [6.07, 6.45) is -3.38. The van der Waals surface area contributed by atoms with Gasteiger partial charge >= 0.3 is 6.18 Å². The van der Waals surface area contributed by atoms with Crippen LogP contribution in [-0.2, 0) is 4.79 Å². The van der Waals surface area contributed by atoms with Gasteiger partial charge in [0.25, 0.3) is 11.8 Å². The van der Waals surface area contributed by atoms with Gasteiger partial charge in [-0.3, -0.25) is 19.3 Å². The predicted molar refractivity (Wildman–Crippen MR) is 86.2 cm³/mol. The summed E-state index contributed by atoms with van der Waals surface area (Å²) in [6, 6.07) is 8.67. The highest BCUT2D eigenvalue weighted by atomic mass is 19.4. The second-order valence-corrected chi connectivity index (χ2v) is 5.58. The second kappa shape index (κ2) is 7.06. The summed E-state index contributed by atoms with van der Waals surface area (Å²) in [5.41, 5.74) is 0.627. The van der Waals surface area contributed by atoms with Crippen LogP contribution in [0, 0.1) is 0 Å². The van der Waals surface area contributed by atoms with Crippen molar-refractivity contribution in [2.75, 3.05) is 18.5 Å². The molecule has 0 radical (unpaired) electrons. The third kappa shape index (κ3) is 4.22. The summed E-state index contributed by atoms with van der Waals surface area (Å²) < 4.78 is 40.7. The molecule has 2 aromatic rings. The van der Waals surface area contributed by atoms with Gasteiger partial charge in [0.05, 0.1) is 23.0 Å². The van der Waals surface area contributed by atoms with Gasteiger partial charge in [0.15, 0.2) is 6.61 Å². The number of aromatic nitrogens is 1. The van der Waals surface area contributed by atoms with Crippen molar-refractivity contribution in [3.63, 3.8) is 0 Å². The molecule has 7 nitrogen and oxygen atoms in total. The first kappa shape index (κ1) is 18.4.